The highest BCUT2D eigenvalue weighted by Crippen LogP contribution is 2.29. The highest BCUT2D eigenvalue weighted by molar-refractivity contribution is 7.89. The van der Waals surface area contributed by atoms with Crippen LogP contribution in [0.4, 0.5) is 10.6 Å². The number of anilines is 1. The third-order valence-corrected chi connectivity index (χ3v) is 7.09. The van der Waals surface area contributed by atoms with Gasteiger partial charge in [-0.1, -0.05) is 6.92 Å². The zero-order valence-corrected chi connectivity index (χ0v) is 17.1. The van der Waals surface area contributed by atoms with Gasteiger partial charge in [0.2, 0.25) is 10.0 Å². The predicted molar refractivity (Wildman–Crippen MR) is 106 cm³/mol. The highest BCUT2D eigenvalue weighted by atomic mass is 32.2. The van der Waals surface area contributed by atoms with Crippen molar-refractivity contribution in [2.75, 3.05) is 44.4 Å². The number of rotatable bonds is 6. The first kappa shape index (κ1) is 20.3. The molecule has 1 saturated heterocycles. The Morgan fingerprint density at radius 2 is 2.25 bits per heavy atom. The van der Waals surface area contributed by atoms with Gasteiger partial charge >= 0.3 is 6.09 Å². The number of H-pyrrole nitrogens is 1. The van der Waals surface area contributed by atoms with Gasteiger partial charge in [-0.2, -0.15) is 4.31 Å². The van der Waals surface area contributed by atoms with E-state index >= 15 is 0 Å². The Morgan fingerprint density at radius 3 is 3.00 bits per heavy atom. The number of nitrogens with zero attached hydrogens (tertiary/aromatic N) is 4. The molecule has 28 heavy (non-hydrogen) atoms. The van der Waals surface area contributed by atoms with Crippen LogP contribution < -0.4 is 10.2 Å². The van der Waals surface area contributed by atoms with Crippen LogP contribution in [0.3, 0.4) is 0 Å². The number of likely N-dealkylation sites (N-methyl/N-ethyl adjacent to an activating group) is 1. The quantitative estimate of drug-likeness (QED) is 0.722. The molecule has 0 radical (unpaired) electrons. The maximum Gasteiger partial charge on any atom is 0.406 e. The summed E-state index contributed by atoms with van der Waals surface area (Å²) in [6.45, 7) is 2.97. The summed E-state index contributed by atoms with van der Waals surface area (Å²) >= 11 is 0. The number of sulfonamides is 1. The van der Waals surface area contributed by atoms with E-state index in [0.717, 1.165) is 23.3 Å². The van der Waals surface area contributed by atoms with Crippen molar-refractivity contribution in [1.29, 1.82) is 0 Å². The normalized spacial score (nSPS) is 20.8. The lowest BCUT2D eigenvalue weighted by molar-refractivity contribution is 0.171. The molecule has 2 atom stereocenters. The molecular formula is C17H26N6O4S. The Kier molecular flexibility index (Phi) is 6.04. The number of methoxy groups -OCH3 is 1. The van der Waals surface area contributed by atoms with Crippen molar-refractivity contribution in [2.24, 2.45) is 5.92 Å². The second-order valence-corrected chi connectivity index (χ2v) is 9.06. The molecule has 1 aliphatic heterocycles. The summed E-state index contributed by atoms with van der Waals surface area (Å²) in [5, 5.41) is 3.32. The van der Waals surface area contributed by atoms with Crippen LogP contribution in [-0.2, 0) is 14.8 Å². The Bertz CT molecular complexity index is 931. The lowest BCUT2D eigenvalue weighted by Gasteiger charge is -2.41. The summed E-state index contributed by atoms with van der Waals surface area (Å²) in [7, 11) is -0.317. The average molecular weight is 411 g/mol. The number of amides is 1. The summed E-state index contributed by atoms with van der Waals surface area (Å²) in [4.78, 5) is 24.9. The summed E-state index contributed by atoms with van der Waals surface area (Å²) in [5.74, 6) is 0.908. The largest absolute Gasteiger partial charge is 0.453 e. The molecule has 3 rings (SSSR count). The van der Waals surface area contributed by atoms with Crippen molar-refractivity contribution in [1.82, 2.24) is 24.6 Å². The molecule has 0 aliphatic carbocycles. The molecule has 0 spiro atoms. The number of fused-ring (bicyclic) bond motifs is 1. The van der Waals surface area contributed by atoms with Crippen LogP contribution in [0.5, 0.6) is 0 Å². The van der Waals surface area contributed by atoms with Gasteiger partial charge in [0.05, 0.1) is 18.2 Å². The molecule has 1 aliphatic rings. The molecule has 0 aromatic carbocycles. The van der Waals surface area contributed by atoms with E-state index in [4.69, 9.17) is 0 Å². The van der Waals surface area contributed by atoms with Gasteiger partial charge in [-0.25, -0.2) is 23.2 Å². The van der Waals surface area contributed by atoms with Crippen LogP contribution >= 0.6 is 0 Å². The first-order chi connectivity index (χ1) is 13.3. The van der Waals surface area contributed by atoms with E-state index in [1.54, 1.807) is 0 Å². The van der Waals surface area contributed by atoms with E-state index in [9.17, 15) is 13.2 Å². The lowest BCUT2D eigenvalue weighted by Crippen LogP contribution is -2.53. The monoisotopic (exact) mass is 410 g/mol. The van der Waals surface area contributed by atoms with Crippen molar-refractivity contribution in [3.05, 3.63) is 18.6 Å². The minimum atomic E-state index is -3.49. The molecule has 11 heteroatoms. The van der Waals surface area contributed by atoms with E-state index in [1.165, 1.54) is 17.7 Å². The molecule has 154 valence electrons. The van der Waals surface area contributed by atoms with Gasteiger partial charge in [0.1, 0.15) is 17.8 Å². The van der Waals surface area contributed by atoms with E-state index in [-0.39, 0.29) is 18.3 Å². The number of carbonyl (C=O) groups excluding carboxylic acids is 1. The number of alkyl carbamates (subject to hydrolysis) is 1. The summed E-state index contributed by atoms with van der Waals surface area (Å²) in [5.41, 5.74) is 0.749. The summed E-state index contributed by atoms with van der Waals surface area (Å²) in [6.07, 6.45) is 3.43. The summed E-state index contributed by atoms with van der Waals surface area (Å²) < 4.78 is 31.4. The van der Waals surface area contributed by atoms with Crippen molar-refractivity contribution >= 4 is 33.0 Å². The van der Waals surface area contributed by atoms with Gasteiger partial charge in [-0.05, 0) is 18.4 Å². The topological polar surface area (TPSA) is 121 Å². The first-order valence-electron chi connectivity index (χ1n) is 9.14. The number of hydrogen-bond acceptors (Lipinski definition) is 7. The van der Waals surface area contributed by atoms with Crippen molar-refractivity contribution in [2.45, 2.75) is 19.4 Å². The minimum Gasteiger partial charge on any atom is -0.453 e. The fraction of sp³-hybridized carbons (Fsp3) is 0.588. The van der Waals surface area contributed by atoms with Crippen LogP contribution in [0.15, 0.2) is 18.6 Å². The zero-order valence-electron chi connectivity index (χ0n) is 16.3. The van der Waals surface area contributed by atoms with Crippen LogP contribution in [0.25, 0.3) is 11.0 Å². The van der Waals surface area contributed by atoms with E-state index < -0.39 is 16.1 Å². The molecule has 1 fully saturated rings. The van der Waals surface area contributed by atoms with Crippen LogP contribution in [-0.4, -0.2) is 79.4 Å². The standard InChI is InChI=1S/C17H26N6O4S/c1-12-5-8-23(28(25,26)9-7-19-17(24)27-3)10-14(12)22(2)16-13-4-6-18-15(13)20-11-21-16/h4,6,11-12,14H,5,7-10H2,1-3H3,(H,19,24)(H,18,20,21). The maximum atomic E-state index is 12.7. The Balaban J connectivity index is 1.73. The van der Waals surface area contributed by atoms with Crippen molar-refractivity contribution in [3.8, 4) is 0 Å². The lowest BCUT2D eigenvalue weighted by atomic mass is 9.93. The van der Waals surface area contributed by atoms with Crippen molar-refractivity contribution in [3.63, 3.8) is 0 Å². The fourth-order valence-electron chi connectivity index (χ4n) is 3.56. The minimum absolute atomic E-state index is 0.0114. The second-order valence-electron chi connectivity index (χ2n) is 6.97. The molecule has 2 aromatic rings. The number of nitrogens with one attached hydrogen (secondary N) is 2. The molecule has 3 heterocycles. The number of aromatic nitrogens is 3. The molecule has 0 bridgehead atoms. The molecule has 1 amide bonds. The molecule has 2 unspecified atom stereocenters. The summed E-state index contributed by atoms with van der Waals surface area (Å²) in [6, 6.07) is 1.90. The van der Waals surface area contributed by atoms with E-state index in [1.807, 2.05) is 24.2 Å². The van der Waals surface area contributed by atoms with Crippen LogP contribution in [0, 0.1) is 5.92 Å². The van der Waals surface area contributed by atoms with Gasteiger partial charge in [0, 0.05) is 38.9 Å². The maximum absolute atomic E-state index is 12.7. The highest BCUT2D eigenvalue weighted by Gasteiger charge is 2.35. The molecular weight excluding hydrogens is 384 g/mol. The zero-order chi connectivity index (χ0) is 20.3. The van der Waals surface area contributed by atoms with Gasteiger partial charge in [-0.3, -0.25) is 0 Å². The predicted octanol–water partition coefficient (Wildman–Crippen LogP) is 0.790. The van der Waals surface area contributed by atoms with Gasteiger partial charge in [0.15, 0.2) is 0 Å². The number of hydrogen-bond donors (Lipinski definition) is 2. The Hall–Kier alpha value is -2.40. The van der Waals surface area contributed by atoms with E-state index in [2.05, 4.69) is 31.9 Å². The van der Waals surface area contributed by atoms with Gasteiger partial charge < -0.3 is 19.9 Å². The van der Waals surface area contributed by atoms with Crippen molar-refractivity contribution < 1.29 is 17.9 Å². The fourth-order valence-corrected chi connectivity index (χ4v) is 4.94. The van der Waals surface area contributed by atoms with Gasteiger partial charge in [-0.15, -0.1) is 0 Å². The molecule has 2 N–H and O–H groups in total. The number of aromatic amines is 1. The molecule has 0 saturated carbocycles. The average Bonchev–Trinajstić information content (AvgIpc) is 3.16. The second kappa shape index (κ2) is 8.31. The van der Waals surface area contributed by atoms with Crippen LogP contribution in [0.2, 0.25) is 0 Å². The van der Waals surface area contributed by atoms with Gasteiger partial charge in [0.25, 0.3) is 0 Å². The molecule has 10 nitrogen and oxygen atoms in total. The SMILES string of the molecule is COC(=O)NCCS(=O)(=O)N1CCC(C)C(N(C)c2ncnc3[nH]ccc23)C1. The third-order valence-electron chi connectivity index (χ3n) is 5.25. The Morgan fingerprint density at radius 1 is 1.46 bits per heavy atom. The smallest absolute Gasteiger partial charge is 0.406 e. The third kappa shape index (κ3) is 4.20. The number of carbonyl (C=O) groups is 1. The van der Waals surface area contributed by atoms with E-state index in [0.29, 0.717) is 19.0 Å². The Labute approximate surface area is 164 Å². The molecule has 2 aromatic heterocycles. The van der Waals surface area contributed by atoms with Crippen LogP contribution in [0.1, 0.15) is 13.3 Å². The number of piperidine rings is 1. The first-order valence-corrected chi connectivity index (χ1v) is 10.7. The number of ether oxygens (including phenoxy) is 1.